The van der Waals surface area contributed by atoms with Gasteiger partial charge in [-0.25, -0.2) is 0 Å². The zero-order valence-corrected chi connectivity index (χ0v) is 12.4. The summed E-state index contributed by atoms with van der Waals surface area (Å²) in [6, 6.07) is 0. The highest BCUT2D eigenvalue weighted by Crippen LogP contribution is 2.60. The molecule has 0 amide bonds. The quantitative estimate of drug-likeness (QED) is 0.712. The van der Waals surface area contributed by atoms with E-state index in [0.29, 0.717) is 11.8 Å². The van der Waals surface area contributed by atoms with Crippen molar-refractivity contribution < 1.29 is 10.2 Å². The fourth-order valence-electron chi connectivity index (χ4n) is 5.79. The lowest BCUT2D eigenvalue weighted by molar-refractivity contribution is -0.0303. The molecule has 0 aliphatic heterocycles. The molecule has 4 aliphatic rings. The Morgan fingerprint density at radius 2 is 2.00 bits per heavy atom. The van der Waals surface area contributed by atoms with Crippen molar-refractivity contribution in [3.8, 4) is 0 Å². The number of aliphatic hydroxyl groups is 2. The second-order valence-electron chi connectivity index (χ2n) is 7.74. The molecule has 0 bridgehead atoms. The van der Waals surface area contributed by atoms with Crippen LogP contribution in [-0.4, -0.2) is 22.4 Å². The second kappa shape index (κ2) is 4.45. The maximum atomic E-state index is 10.4. The Labute approximate surface area is 121 Å². The number of allylic oxidation sites excluding steroid dienone is 2. The third-order valence-electron chi connectivity index (χ3n) is 6.93. The maximum absolute atomic E-state index is 10.4. The van der Waals surface area contributed by atoms with Crippen molar-refractivity contribution >= 4 is 0 Å². The highest BCUT2D eigenvalue weighted by Gasteiger charge is 2.54. The molecule has 2 fully saturated rings. The van der Waals surface area contributed by atoms with Crippen molar-refractivity contribution in [3.63, 3.8) is 0 Å². The van der Waals surface area contributed by atoms with Crippen LogP contribution in [0.1, 0.15) is 51.9 Å². The van der Waals surface area contributed by atoms with E-state index in [9.17, 15) is 10.2 Å². The largest absolute Gasteiger partial charge is 0.393 e. The van der Waals surface area contributed by atoms with Crippen LogP contribution in [0.2, 0.25) is 0 Å². The topological polar surface area (TPSA) is 40.5 Å². The van der Waals surface area contributed by atoms with E-state index in [2.05, 4.69) is 13.0 Å². The Morgan fingerprint density at radius 1 is 1.15 bits per heavy atom. The summed E-state index contributed by atoms with van der Waals surface area (Å²) in [6.45, 7) is 2.33. The molecule has 20 heavy (non-hydrogen) atoms. The molecule has 0 spiro atoms. The van der Waals surface area contributed by atoms with Gasteiger partial charge in [-0.3, -0.25) is 0 Å². The van der Waals surface area contributed by atoms with E-state index in [1.54, 1.807) is 5.57 Å². The van der Waals surface area contributed by atoms with Gasteiger partial charge < -0.3 is 10.2 Å². The summed E-state index contributed by atoms with van der Waals surface area (Å²) in [7, 11) is 0. The predicted molar refractivity (Wildman–Crippen MR) is 79.1 cm³/mol. The molecule has 0 heterocycles. The van der Waals surface area contributed by atoms with E-state index in [4.69, 9.17) is 0 Å². The first-order valence-electron chi connectivity index (χ1n) is 8.36. The molecule has 0 radical (unpaired) electrons. The lowest BCUT2D eigenvalue weighted by Crippen LogP contribution is -2.45. The molecular weight excluding hydrogens is 248 g/mol. The predicted octanol–water partition coefficient (Wildman–Crippen LogP) is 3.20. The Balaban J connectivity index is 1.66. The molecule has 110 valence electrons. The third-order valence-corrected chi connectivity index (χ3v) is 6.93. The second-order valence-corrected chi connectivity index (χ2v) is 7.74. The zero-order chi connectivity index (χ0) is 13.9. The molecule has 2 N–H and O–H groups in total. The van der Waals surface area contributed by atoms with Crippen LogP contribution in [0.5, 0.6) is 0 Å². The monoisotopic (exact) mass is 274 g/mol. The van der Waals surface area contributed by atoms with E-state index in [1.165, 1.54) is 37.7 Å². The average molecular weight is 274 g/mol. The molecule has 0 aromatic heterocycles. The SMILES string of the molecule is CC12CCC3C4=C(CCC3C1CCC2O)CC(O)C=C4. The van der Waals surface area contributed by atoms with Crippen molar-refractivity contribution in [2.24, 2.45) is 23.2 Å². The van der Waals surface area contributed by atoms with Crippen LogP contribution < -0.4 is 0 Å². The molecule has 4 rings (SSSR count). The first kappa shape index (κ1) is 13.1. The summed E-state index contributed by atoms with van der Waals surface area (Å²) in [5.74, 6) is 2.18. The summed E-state index contributed by atoms with van der Waals surface area (Å²) in [4.78, 5) is 0. The molecule has 0 aromatic carbocycles. The van der Waals surface area contributed by atoms with Gasteiger partial charge in [0.2, 0.25) is 0 Å². The van der Waals surface area contributed by atoms with Gasteiger partial charge in [-0.05, 0) is 73.7 Å². The van der Waals surface area contributed by atoms with Gasteiger partial charge in [0.05, 0.1) is 12.2 Å². The fourth-order valence-corrected chi connectivity index (χ4v) is 5.79. The van der Waals surface area contributed by atoms with E-state index in [0.717, 1.165) is 18.8 Å². The molecule has 0 saturated heterocycles. The maximum Gasteiger partial charge on any atom is 0.0761 e. The van der Waals surface area contributed by atoms with Crippen LogP contribution in [0.15, 0.2) is 23.3 Å². The average Bonchev–Trinajstić information content (AvgIpc) is 2.74. The molecule has 6 atom stereocenters. The van der Waals surface area contributed by atoms with Gasteiger partial charge >= 0.3 is 0 Å². The van der Waals surface area contributed by atoms with Crippen molar-refractivity contribution in [3.05, 3.63) is 23.3 Å². The van der Waals surface area contributed by atoms with Crippen LogP contribution in [0, 0.1) is 23.2 Å². The van der Waals surface area contributed by atoms with Gasteiger partial charge in [-0.15, -0.1) is 0 Å². The standard InChI is InChI=1S/C18H26O2/c1-18-9-8-14-13-5-3-12(19)10-11(13)2-4-15(14)16(18)6-7-17(18)20/h3,5,12,14-17,19-20H,2,4,6-10H2,1H3. The highest BCUT2D eigenvalue weighted by molar-refractivity contribution is 5.37. The minimum Gasteiger partial charge on any atom is -0.393 e. The molecule has 2 heteroatoms. The van der Waals surface area contributed by atoms with Crippen molar-refractivity contribution in [1.82, 2.24) is 0 Å². The Bertz CT molecular complexity index is 478. The highest BCUT2D eigenvalue weighted by atomic mass is 16.3. The summed E-state index contributed by atoms with van der Waals surface area (Å²) in [6.07, 6.45) is 11.8. The lowest BCUT2D eigenvalue weighted by Gasteiger charge is -2.50. The van der Waals surface area contributed by atoms with E-state index in [-0.39, 0.29) is 17.6 Å². The molecule has 4 aliphatic carbocycles. The first-order chi connectivity index (χ1) is 9.59. The minimum absolute atomic E-state index is 0.0763. The Hall–Kier alpha value is -0.600. The zero-order valence-electron chi connectivity index (χ0n) is 12.4. The molecular formula is C18H26O2. The van der Waals surface area contributed by atoms with Gasteiger partial charge in [-0.1, -0.05) is 24.6 Å². The van der Waals surface area contributed by atoms with Gasteiger partial charge in [0, 0.05) is 0 Å². The summed E-state index contributed by atoms with van der Waals surface area (Å²) in [5.41, 5.74) is 3.25. The first-order valence-corrected chi connectivity index (χ1v) is 8.36. The van der Waals surface area contributed by atoms with Gasteiger partial charge in [0.15, 0.2) is 0 Å². The van der Waals surface area contributed by atoms with Gasteiger partial charge in [0.25, 0.3) is 0 Å². The minimum atomic E-state index is -0.257. The Morgan fingerprint density at radius 3 is 2.85 bits per heavy atom. The number of rotatable bonds is 0. The molecule has 6 unspecified atom stereocenters. The van der Waals surface area contributed by atoms with E-state index < -0.39 is 0 Å². The normalized spacial score (nSPS) is 50.6. The van der Waals surface area contributed by atoms with Crippen LogP contribution in [0.3, 0.4) is 0 Å². The molecule has 2 nitrogen and oxygen atoms in total. The number of aliphatic hydroxyl groups excluding tert-OH is 2. The van der Waals surface area contributed by atoms with Crippen molar-refractivity contribution in [2.75, 3.05) is 0 Å². The van der Waals surface area contributed by atoms with Crippen LogP contribution >= 0.6 is 0 Å². The summed E-state index contributed by atoms with van der Waals surface area (Å²) in [5, 5.41) is 20.2. The summed E-state index contributed by atoms with van der Waals surface area (Å²) < 4.78 is 0. The number of fused-ring (bicyclic) bond motifs is 4. The van der Waals surface area contributed by atoms with Crippen molar-refractivity contribution in [1.29, 1.82) is 0 Å². The van der Waals surface area contributed by atoms with E-state index in [1.807, 2.05) is 6.08 Å². The number of hydrogen-bond donors (Lipinski definition) is 2. The molecule has 2 saturated carbocycles. The van der Waals surface area contributed by atoms with Crippen LogP contribution in [0.25, 0.3) is 0 Å². The Kier molecular flexibility index (Phi) is 2.91. The van der Waals surface area contributed by atoms with E-state index >= 15 is 0 Å². The third kappa shape index (κ3) is 1.70. The van der Waals surface area contributed by atoms with Crippen LogP contribution in [0.4, 0.5) is 0 Å². The number of hydrogen-bond acceptors (Lipinski definition) is 2. The lowest BCUT2D eigenvalue weighted by atomic mass is 9.55. The molecule has 0 aromatic rings. The van der Waals surface area contributed by atoms with Gasteiger partial charge in [0.1, 0.15) is 0 Å². The summed E-state index contributed by atoms with van der Waals surface area (Å²) >= 11 is 0. The van der Waals surface area contributed by atoms with Gasteiger partial charge in [-0.2, -0.15) is 0 Å². The van der Waals surface area contributed by atoms with Crippen LogP contribution in [-0.2, 0) is 0 Å². The smallest absolute Gasteiger partial charge is 0.0761 e. The fraction of sp³-hybridized carbons (Fsp3) is 0.778. The van der Waals surface area contributed by atoms with Crippen molar-refractivity contribution in [2.45, 2.75) is 64.1 Å².